The first kappa shape index (κ1) is 17.7. The monoisotopic (exact) mass is 324 g/mol. The molecule has 0 fully saturated rings. The second-order valence-corrected chi connectivity index (χ2v) is 11.8. The molecule has 0 spiro atoms. The van der Waals surface area contributed by atoms with Crippen LogP contribution in [0.3, 0.4) is 0 Å². The molecule has 0 aliphatic heterocycles. The van der Waals surface area contributed by atoms with Crippen LogP contribution in [0.2, 0.25) is 19.1 Å². The van der Waals surface area contributed by atoms with Crippen molar-refractivity contribution < 1.29 is 4.79 Å². The fraction of sp³-hybridized carbons (Fsp3) is 0.381. The van der Waals surface area contributed by atoms with Crippen molar-refractivity contribution in [1.82, 2.24) is 0 Å². The smallest absolute Gasteiger partial charge is 0.162 e. The molecule has 2 rings (SSSR count). The van der Waals surface area contributed by atoms with E-state index in [-0.39, 0.29) is 5.78 Å². The molecule has 0 atom stereocenters. The van der Waals surface area contributed by atoms with Crippen LogP contribution in [0.1, 0.15) is 42.5 Å². The zero-order valence-electron chi connectivity index (χ0n) is 14.4. The fourth-order valence-electron chi connectivity index (χ4n) is 3.01. The van der Waals surface area contributed by atoms with Crippen LogP contribution in [-0.2, 0) is 0 Å². The first-order valence-electron chi connectivity index (χ1n) is 8.73. The number of hydrogen-bond donors (Lipinski definition) is 0. The number of carbonyl (C=O) groups excluding carboxylic acids is 1. The summed E-state index contributed by atoms with van der Waals surface area (Å²) in [5.74, 6) is 0.282. The molecular formula is C21H28OSi. The first-order chi connectivity index (χ1) is 11.1. The quantitative estimate of drug-likeness (QED) is 0.341. The lowest BCUT2D eigenvalue weighted by molar-refractivity contribution is 0.0979. The van der Waals surface area contributed by atoms with Crippen molar-refractivity contribution in [2.24, 2.45) is 0 Å². The number of Topliss-reactive ketones (excluding diaryl/α,β-unsaturated/α-hetero) is 1. The third-order valence-electron chi connectivity index (χ3n) is 4.61. The largest absolute Gasteiger partial charge is 0.294 e. The Morgan fingerprint density at radius 1 is 0.783 bits per heavy atom. The molecule has 0 N–H and O–H groups in total. The lowest BCUT2D eigenvalue weighted by atomic mass is 10.0. The van der Waals surface area contributed by atoms with Crippen molar-refractivity contribution in [3.63, 3.8) is 0 Å². The summed E-state index contributed by atoms with van der Waals surface area (Å²) in [4.78, 5) is 12.0. The SMILES string of the molecule is C[Si](C)(CCCCCCC(=O)c1ccccc1)c1ccccc1. The van der Waals surface area contributed by atoms with Gasteiger partial charge in [-0.25, -0.2) is 0 Å². The normalized spacial score (nSPS) is 11.4. The third-order valence-corrected chi connectivity index (χ3v) is 8.11. The van der Waals surface area contributed by atoms with Gasteiger partial charge in [0, 0.05) is 12.0 Å². The van der Waals surface area contributed by atoms with E-state index < -0.39 is 8.07 Å². The van der Waals surface area contributed by atoms with Gasteiger partial charge in [0.2, 0.25) is 0 Å². The number of ketones is 1. The van der Waals surface area contributed by atoms with Gasteiger partial charge < -0.3 is 0 Å². The van der Waals surface area contributed by atoms with Gasteiger partial charge in [-0.3, -0.25) is 4.79 Å². The van der Waals surface area contributed by atoms with Crippen LogP contribution < -0.4 is 5.19 Å². The molecule has 2 aromatic rings. The van der Waals surface area contributed by atoms with E-state index in [2.05, 4.69) is 43.4 Å². The maximum atomic E-state index is 12.0. The van der Waals surface area contributed by atoms with Gasteiger partial charge in [0.25, 0.3) is 0 Å². The maximum Gasteiger partial charge on any atom is 0.162 e. The Hall–Kier alpha value is -1.67. The highest BCUT2D eigenvalue weighted by Gasteiger charge is 2.21. The van der Waals surface area contributed by atoms with Gasteiger partial charge in [0.1, 0.15) is 0 Å². The number of rotatable bonds is 9. The zero-order chi connectivity index (χ0) is 16.5. The topological polar surface area (TPSA) is 17.1 Å². The van der Waals surface area contributed by atoms with E-state index in [0.29, 0.717) is 6.42 Å². The maximum absolute atomic E-state index is 12.0. The summed E-state index contributed by atoms with van der Waals surface area (Å²) in [5, 5.41) is 1.55. The summed E-state index contributed by atoms with van der Waals surface area (Å²) in [6, 6.07) is 21.9. The van der Waals surface area contributed by atoms with E-state index in [1.807, 2.05) is 30.3 Å². The summed E-state index contributed by atoms with van der Waals surface area (Å²) < 4.78 is 0. The highest BCUT2D eigenvalue weighted by molar-refractivity contribution is 6.89. The predicted octanol–water partition coefficient (Wildman–Crippen LogP) is 5.44. The molecule has 0 aliphatic carbocycles. The van der Waals surface area contributed by atoms with Crippen molar-refractivity contribution in [3.8, 4) is 0 Å². The molecular weight excluding hydrogens is 296 g/mol. The molecule has 122 valence electrons. The molecule has 0 aromatic heterocycles. The molecule has 0 saturated heterocycles. The average Bonchev–Trinajstić information content (AvgIpc) is 2.59. The van der Waals surface area contributed by atoms with Crippen molar-refractivity contribution in [1.29, 1.82) is 0 Å². The molecule has 1 nitrogen and oxygen atoms in total. The van der Waals surface area contributed by atoms with E-state index in [1.165, 1.54) is 18.9 Å². The second kappa shape index (κ2) is 8.83. The van der Waals surface area contributed by atoms with Gasteiger partial charge in [-0.1, -0.05) is 104 Å². The minimum absolute atomic E-state index is 0.282. The first-order valence-corrected chi connectivity index (χ1v) is 11.9. The lowest BCUT2D eigenvalue weighted by Gasteiger charge is -2.22. The van der Waals surface area contributed by atoms with Crippen LogP contribution in [0.25, 0.3) is 0 Å². The molecule has 0 bridgehead atoms. The third kappa shape index (κ3) is 5.79. The van der Waals surface area contributed by atoms with Crippen LogP contribution in [-0.4, -0.2) is 13.9 Å². The Bertz CT molecular complexity index is 590. The van der Waals surface area contributed by atoms with Gasteiger partial charge in [-0.15, -0.1) is 0 Å². The van der Waals surface area contributed by atoms with Crippen molar-refractivity contribution in [2.75, 3.05) is 0 Å². The number of benzene rings is 2. The molecule has 0 heterocycles. The van der Waals surface area contributed by atoms with Gasteiger partial charge in [-0.05, 0) is 6.42 Å². The minimum atomic E-state index is -1.28. The molecule has 2 heteroatoms. The Balaban J connectivity index is 1.63. The molecule has 0 amide bonds. The van der Waals surface area contributed by atoms with Gasteiger partial charge in [0.15, 0.2) is 5.78 Å². The van der Waals surface area contributed by atoms with Crippen LogP contribution in [0.15, 0.2) is 60.7 Å². The Labute approximate surface area is 141 Å². The van der Waals surface area contributed by atoms with E-state index in [0.717, 1.165) is 18.4 Å². The summed E-state index contributed by atoms with van der Waals surface area (Å²) in [6.07, 6.45) is 5.39. The Morgan fingerprint density at radius 2 is 1.35 bits per heavy atom. The number of hydrogen-bond acceptors (Lipinski definition) is 1. The zero-order valence-corrected chi connectivity index (χ0v) is 15.4. The van der Waals surface area contributed by atoms with E-state index in [1.54, 1.807) is 5.19 Å². The molecule has 23 heavy (non-hydrogen) atoms. The van der Waals surface area contributed by atoms with E-state index in [9.17, 15) is 4.79 Å². The van der Waals surface area contributed by atoms with E-state index in [4.69, 9.17) is 0 Å². The van der Waals surface area contributed by atoms with Crippen molar-refractivity contribution >= 4 is 19.0 Å². The standard InChI is InChI=1S/C21H28OSi/c1-23(2,20-15-9-6-10-16-20)18-12-4-3-11-17-21(22)19-13-7-5-8-14-19/h5-10,13-16H,3-4,11-12,17-18H2,1-2H3. The molecule has 2 aromatic carbocycles. The van der Waals surface area contributed by atoms with Crippen molar-refractivity contribution in [3.05, 3.63) is 66.2 Å². The molecule has 0 radical (unpaired) electrons. The lowest BCUT2D eigenvalue weighted by Crippen LogP contribution is -2.40. The average molecular weight is 325 g/mol. The van der Waals surface area contributed by atoms with Crippen molar-refractivity contribution in [2.45, 2.75) is 51.2 Å². The Morgan fingerprint density at radius 3 is 2.00 bits per heavy atom. The minimum Gasteiger partial charge on any atom is -0.294 e. The fourth-order valence-corrected chi connectivity index (χ4v) is 5.53. The molecule has 0 unspecified atom stereocenters. The van der Waals surface area contributed by atoms with Crippen LogP contribution in [0.5, 0.6) is 0 Å². The summed E-state index contributed by atoms with van der Waals surface area (Å²) in [7, 11) is -1.28. The number of unbranched alkanes of at least 4 members (excludes halogenated alkanes) is 3. The summed E-state index contributed by atoms with van der Waals surface area (Å²) in [5.41, 5.74) is 0.852. The van der Waals surface area contributed by atoms with Gasteiger partial charge >= 0.3 is 0 Å². The molecule has 0 aliphatic rings. The van der Waals surface area contributed by atoms with E-state index >= 15 is 0 Å². The van der Waals surface area contributed by atoms with Crippen LogP contribution in [0, 0.1) is 0 Å². The highest BCUT2D eigenvalue weighted by Crippen LogP contribution is 2.16. The van der Waals surface area contributed by atoms with Crippen LogP contribution >= 0.6 is 0 Å². The predicted molar refractivity (Wildman–Crippen MR) is 102 cm³/mol. The van der Waals surface area contributed by atoms with Gasteiger partial charge in [-0.2, -0.15) is 0 Å². The number of carbonyl (C=O) groups is 1. The highest BCUT2D eigenvalue weighted by atomic mass is 28.3. The van der Waals surface area contributed by atoms with Gasteiger partial charge in [0.05, 0.1) is 8.07 Å². The molecule has 0 saturated carbocycles. The summed E-state index contributed by atoms with van der Waals surface area (Å²) >= 11 is 0. The summed E-state index contributed by atoms with van der Waals surface area (Å²) in [6.45, 7) is 4.92. The van der Waals surface area contributed by atoms with Crippen LogP contribution in [0.4, 0.5) is 0 Å². The Kier molecular flexibility index (Phi) is 6.78. The second-order valence-electron chi connectivity index (χ2n) is 6.95.